The van der Waals surface area contributed by atoms with Crippen LogP contribution in [0.2, 0.25) is 0 Å². The fraction of sp³-hybridized carbons (Fsp3) is 0.231. The van der Waals surface area contributed by atoms with Gasteiger partial charge in [-0.25, -0.2) is 4.79 Å². The second kappa shape index (κ2) is 4.82. The van der Waals surface area contributed by atoms with Gasteiger partial charge in [0.15, 0.2) is 0 Å². The number of hydrogen-bond donors (Lipinski definition) is 0. The Morgan fingerprint density at radius 3 is 2.94 bits per heavy atom. The van der Waals surface area contributed by atoms with E-state index in [1.165, 1.54) is 4.68 Å². The van der Waals surface area contributed by atoms with Crippen LogP contribution >= 0.6 is 0 Å². The fourth-order valence-electron chi connectivity index (χ4n) is 1.66. The molecule has 2 rings (SSSR count). The molecule has 17 heavy (non-hydrogen) atoms. The summed E-state index contributed by atoms with van der Waals surface area (Å²) in [6.07, 6.45) is 1.14. The summed E-state index contributed by atoms with van der Waals surface area (Å²) in [5.41, 5.74) is 2.84. The fourth-order valence-corrected chi connectivity index (χ4v) is 1.66. The van der Waals surface area contributed by atoms with Crippen molar-refractivity contribution in [1.29, 1.82) is 0 Å². The van der Waals surface area contributed by atoms with Crippen LogP contribution in [0, 0.1) is 6.92 Å². The van der Waals surface area contributed by atoms with Gasteiger partial charge in [0.05, 0.1) is 18.5 Å². The zero-order valence-electron chi connectivity index (χ0n) is 9.88. The number of aromatic nitrogens is 2. The summed E-state index contributed by atoms with van der Waals surface area (Å²) in [7, 11) is 0. The highest BCUT2D eigenvalue weighted by Crippen LogP contribution is 2.20. The van der Waals surface area contributed by atoms with Gasteiger partial charge in [-0.15, -0.1) is 0 Å². The van der Waals surface area contributed by atoms with Gasteiger partial charge in [0.2, 0.25) is 0 Å². The summed E-state index contributed by atoms with van der Waals surface area (Å²) in [4.78, 5) is 11.7. The molecule has 4 heteroatoms. The van der Waals surface area contributed by atoms with Crippen molar-refractivity contribution in [1.82, 2.24) is 9.78 Å². The summed E-state index contributed by atoms with van der Waals surface area (Å²) in [6.45, 7) is 4.12. The van der Waals surface area contributed by atoms with Crippen molar-refractivity contribution >= 4 is 6.09 Å². The Morgan fingerprint density at radius 1 is 1.41 bits per heavy atom. The van der Waals surface area contributed by atoms with E-state index in [0.717, 1.165) is 16.8 Å². The summed E-state index contributed by atoms with van der Waals surface area (Å²) in [5, 5.41) is 3.98. The summed E-state index contributed by atoms with van der Waals surface area (Å²) in [5.74, 6) is 0. The molecular formula is C13H14N2O2. The molecule has 0 atom stereocenters. The maximum Gasteiger partial charge on any atom is 0.435 e. The Morgan fingerprint density at radius 2 is 2.24 bits per heavy atom. The lowest BCUT2D eigenvalue weighted by atomic mass is 10.1. The van der Waals surface area contributed by atoms with Crippen molar-refractivity contribution in [2.45, 2.75) is 13.8 Å². The number of carbonyl (C=O) groups excluding carboxylic acids is 1. The average Bonchev–Trinajstić information content (AvgIpc) is 2.78. The quantitative estimate of drug-likeness (QED) is 0.796. The van der Waals surface area contributed by atoms with Crippen LogP contribution < -0.4 is 0 Å². The predicted octanol–water partition coefficient (Wildman–Crippen LogP) is 2.86. The molecule has 0 aliphatic rings. The van der Waals surface area contributed by atoms with E-state index < -0.39 is 6.09 Å². The maximum atomic E-state index is 11.7. The normalized spacial score (nSPS) is 10.2. The number of nitrogens with zero attached hydrogens (tertiary/aromatic N) is 2. The van der Waals surface area contributed by atoms with Crippen molar-refractivity contribution in [3.63, 3.8) is 0 Å². The van der Waals surface area contributed by atoms with Crippen LogP contribution in [0.15, 0.2) is 36.5 Å². The van der Waals surface area contributed by atoms with Gasteiger partial charge in [-0.1, -0.05) is 23.8 Å². The molecule has 2 aromatic rings. The zero-order valence-corrected chi connectivity index (χ0v) is 9.88. The van der Waals surface area contributed by atoms with Crippen LogP contribution in [0.5, 0.6) is 0 Å². The molecule has 0 saturated heterocycles. The molecule has 0 spiro atoms. The smallest absolute Gasteiger partial charge is 0.435 e. The van der Waals surface area contributed by atoms with Crippen molar-refractivity contribution < 1.29 is 9.53 Å². The minimum atomic E-state index is -0.450. The molecule has 1 heterocycles. The molecule has 0 aliphatic heterocycles. The third-order valence-corrected chi connectivity index (χ3v) is 2.40. The first-order valence-corrected chi connectivity index (χ1v) is 5.50. The molecule has 0 bridgehead atoms. The van der Waals surface area contributed by atoms with E-state index in [2.05, 4.69) is 5.10 Å². The Balaban J connectivity index is 2.40. The molecule has 88 valence electrons. The zero-order chi connectivity index (χ0) is 12.3. The van der Waals surface area contributed by atoms with Crippen LogP contribution in [0.1, 0.15) is 12.5 Å². The number of ether oxygens (including phenoxy) is 1. The SMILES string of the molecule is CCOC(=O)n1nccc1-c1cccc(C)c1. The van der Waals surface area contributed by atoms with E-state index in [4.69, 9.17) is 4.74 Å². The molecule has 0 N–H and O–H groups in total. The number of hydrogen-bond acceptors (Lipinski definition) is 3. The van der Waals surface area contributed by atoms with E-state index in [0.29, 0.717) is 6.61 Å². The Hall–Kier alpha value is -2.10. The van der Waals surface area contributed by atoms with E-state index in [9.17, 15) is 4.79 Å². The molecule has 4 nitrogen and oxygen atoms in total. The standard InChI is InChI=1S/C13H14N2O2/c1-3-17-13(16)15-12(7-8-14-15)11-6-4-5-10(2)9-11/h4-9H,3H2,1-2H3. The third-order valence-electron chi connectivity index (χ3n) is 2.40. The third kappa shape index (κ3) is 2.36. The van der Waals surface area contributed by atoms with E-state index in [1.807, 2.05) is 31.2 Å². The monoisotopic (exact) mass is 230 g/mol. The Bertz CT molecular complexity index is 532. The molecule has 1 aromatic carbocycles. The second-order valence-electron chi connectivity index (χ2n) is 3.70. The number of aryl methyl sites for hydroxylation is 1. The van der Waals surface area contributed by atoms with Gasteiger partial charge in [0.1, 0.15) is 0 Å². The number of benzene rings is 1. The van der Waals surface area contributed by atoms with Crippen LogP contribution in [-0.2, 0) is 4.74 Å². The maximum absolute atomic E-state index is 11.7. The molecule has 0 aliphatic carbocycles. The lowest BCUT2D eigenvalue weighted by molar-refractivity contribution is 0.151. The van der Waals surface area contributed by atoms with Gasteiger partial charge in [-0.3, -0.25) is 0 Å². The molecule has 0 amide bonds. The lowest BCUT2D eigenvalue weighted by Gasteiger charge is -2.06. The minimum Gasteiger partial charge on any atom is -0.448 e. The Kier molecular flexibility index (Phi) is 3.23. The highest BCUT2D eigenvalue weighted by Gasteiger charge is 2.12. The minimum absolute atomic E-state index is 0.339. The summed E-state index contributed by atoms with van der Waals surface area (Å²) in [6, 6.07) is 9.71. The average molecular weight is 230 g/mol. The van der Waals surface area contributed by atoms with Crippen LogP contribution in [-0.4, -0.2) is 22.5 Å². The first-order chi connectivity index (χ1) is 8.22. The van der Waals surface area contributed by atoms with Gasteiger partial charge in [-0.05, 0) is 26.0 Å². The van der Waals surface area contributed by atoms with Crippen LogP contribution in [0.25, 0.3) is 11.3 Å². The summed E-state index contributed by atoms with van der Waals surface area (Å²) >= 11 is 0. The van der Waals surface area contributed by atoms with E-state index in [1.54, 1.807) is 19.2 Å². The summed E-state index contributed by atoms with van der Waals surface area (Å²) < 4.78 is 6.22. The van der Waals surface area contributed by atoms with Crippen LogP contribution in [0.4, 0.5) is 4.79 Å². The van der Waals surface area contributed by atoms with Crippen molar-refractivity contribution in [3.05, 3.63) is 42.1 Å². The number of carbonyl (C=O) groups is 1. The van der Waals surface area contributed by atoms with Gasteiger partial charge in [0.25, 0.3) is 0 Å². The topological polar surface area (TPSA) is 44.1 Å². The van der Waals surface area contributed by atoms with Crippen molar-refractivity contribution in [2.24, 2.45) is 0 Å². The van der Waals surface area contributed by atoms with Crippen molar-refractivity contribution in [2.75, 3.05) is 6.61 Å². The lowest BCUT2D eigenvalue weighted by Crippen LogP contribution is -2.15. The molecule has 0 unspecified atom stereocenters. The molecular weight excluding hydrogens is 216 g/mol. The van der Waals surface area contributed by atoms with Gasteiger partial charge in [-0.2, -0.15) is 9.78 Å². The highest BCUT2D eigenvalue weighted by atomic mass is 16.5. The van der Waals surface area contributed by atoms with Gasteiger partial charge < -0.3 is 4.74 Å². The highest BCUT2D eigenvalue weighted by molar-refractivity contribution is 5.77. The van der Waals surface area contributed by atoms with E-state index >= 15 is 0 Å². The molecule has 0 fully saturated rings. The van der Waals surface area contributed by atoms with E-state index in [-0.39, 0.29) is 0 Å². The van der Waals surface area contributed by atoms with Crippen molar-refractivity contribution in [3.8, 4) is 11.3 Å². The first-order valence-electron chi connectivity index (χ1n) is 5.50. The second-order valence-corrected chi connectivity index (χ2v) is 3.70. The number of rotatable bonds is 2. The molecule has 0 saturated carbocycles. The largest absolute Gasteiger partial charge is 0.448 e. The first kappa shape index (κ1) is 11.4. The Labute approximate surface area is 99.8 Å². The van der Waals surface area contributed by atoms with Gasteiger partial charge in [0, 0.05) is 5.56 Å². The van der Waals surface area contributed by atoms with Gasteiger partial charge >= 0.3 is 6.09 Å². The molecule has 0 radical (unpaired) electrons. The predicted molar refractivity (Wildman–Crippen MR) is 64.8 cm³/mol. The van der Waals surface area contributed by atoms with Crippen LogP contribution in [0.3, 0.4) is 0 Å². The molecule has 1 aromatic heterocycles.